The second kappa shape index (κ2) is 8.76. The van der Waals surface area contributed by atoms with E-state index in [1.807, 2.05) is 0 Å². The summed E-state index contributed by atoms with van der Waals surface area (Å²) >= 11 is 1.32. The molecule has 0 fully saturated rings. The Hall–Kier alpha value is -3.36. The molecule has 0 bridgehead atoms. The lowest BCUT2D eigenvalue weighted by molar-refractivity contribution is -0.117. The lowest BCUT2D eigenvalue weighted by Gasteiger charge is -2.14. The van der Waals surface area contributed by atoms with E-state index in [1.54, 1.807) is 35.7 Å². The second-order valence-corrected chi connectivity index (χ2v) is 7.18. The van der Waals surface area contributed by atoms with Gasteiger partial charge in [-0.25, -0.2) is 8.78 Å². The van der Waals surface area contributed by atoms with Crippen LogP contribution in [0.4, 0.5) is 20.2 Å². The minimum Gasteiger partial charge on any atom is -0.398 e. The molecule has 0 saturated heterocycles. The molecule has 0 aliphatic rings. The van der Waals surface area contributed by atoms with Gasteiger partial charge in [0.2, 0.25) is 5.91 Å². The molecule has 148 valence electrons. The SMILES string of the molecule is N=C(/C=C/c1ccc(F)cc1)c1cc(NC(=O)[C@H](N)c2cccs2)c(F)cc1N. The van der Waals surface area contributed by atoms with E-state index in [2.05, 4.69) is 5.32 Å². The largest absolute Gasteiger partial charge is 0.398 e. The number of benzene rings is 2. The van der Waals surface area contributed by atoms with Gasteiger partial charge in [0.15, 0.2) is 0 Å². The van der Waals surface area contributed by atoms with Crippen LogP contribution in [-0.2, 0) is 4.79 Å². The first-order valence-electron chi connectivity index (χ1n) is 8.56. The van der Waals surface area contributed by atoms with E-state index < -0.39 is 17.8 Å². The quantitative estimate of drug-likeness (QED) is 0.358. The van der Waals surface area contributed by atoms with Crippen molar-refractivity contribution < 1.29 is 13.6 Å². The molecule has 0 saturated carbocycles. The van der Waals surface area contributed by atoms with E-state index in [1.165, 1.54) is 35.6 Å². The zero-order valence-electron chi connectivity index (χ0n) is 15.2. The number of carbonyl (C=O) groups excluding carboxylic acids is 1. The van der Waals surface area contributed by atoms with Crippen molar-refractivity contribution in [2.45, 2.75) is 6.04 Å². The number of anilines is 2. The molecule has 1 heterocycles. The molecule has 2 aromatic carbocycles. The first-order valence-corrected chi connectivity index (χ1v) is 9.44. The molecule has 0 spiro atoms. The third-order valence-corrected chi connectivity index (χ3v) is 5.09. The number of amides is 1. The zero-order valence-corrected chi connectivity index (χ0v) is 16.0. The maximum absolute atomic E-state index is 14.3. The highest BCUT2D eigenvalue weighted by Gasteiger charge is 2.19. The number of allylic oxidation sites excluding steroid dienone is 1. The number of rotatable bonds is 6. The summed E-state index contributed by atoms with van der Waals surface area (Å²) in [5.74, 6) is -1.66. The molecule has 0 radical (unpaired) electrons. The third kappa shape index (κ3) is 4.92. The van der Waals surface area contributed by atoms with Crippen molar-refractivity contribution in [1.82, 2.24) is 0 Å². The van der Waals surface area contributed by atoms with E-state index in [4.69, 9.17) is 16.9 Å². The summed E-state index contributed by atoms with van der Waals surface area (Å²) in [6.07, 6.45) is 3.06. The number of halogens is 2. The Morgan fingerprint density at radius 1 is 1.17 bits per heavy atom. The third-order valence-electron chi connectivity index (χ3n) is 4.13. The van der Waals surface area contributed by atoms with Crippen molar-refractivity contribution in [2.75, 3.05) is 11.1 Å². The van der Waals surface area contributed by atoms with E-state index in [0.29, 0.717) is 10.4 Å². The Morgan fingerprint density at radius 3 is 2.55 bits per heavy atom. The molecule has 0 unspecified atom stereocenters. The summed E-state index contributed by atoms with van der Waals surface area (Å²) in [5.41, 5.74) is 12.6. The van der Waals surface area contributed by atoms with Gasteiger partial charge in [-0.3, -0.25) is 4.79 Å². The van der Waals surface area contributed by atoms with Crippen molar-refractivity contribution in [3.05, 3.63) is 87.6 Å². The van der Waals surface area contributed by atoms with Gasteiger partial charge in [0.05, 0.1) is 11.4 Å². The number of carbonyl (C=O) groups is 1. The van der Waals surface area contributed by atoms with Crippen LogP contribution < -0.4 is 16.8 Å². The van der Waals surface area contributed by atoms with Crippen LogP contribution in [0.25, 0.3) is 6.08 Å². The van der Waals surface area contributed by atoms with E-state index in [0.717, 1.165) is 6.07 Å². The summed E-state index contributed by atoms with van der Waals surface area (Å²) in [6, 6.07) is 10.6. The number of nitrogens with two attached hydrogens (primary N) is 2. The van der Waals surface area contributed by atoms with Crippen LogP contribution >= 0.6 is 11.3 Å². The first kappa shape index (κ1) is 20.4. The van der Waals surface area contributed by atoms with Gasteiger partial charge in [0.25, 0.3) is 0 Å². The van der Waals surface area contributed by atoms with Crippen molar-refractivity contribution in [3.63, 3.8) is 0 Å². The molecule has 8 heteroatoms. The summed E-state index contributed by atoms with van der Waals surface area (Å²) < 4.78 is 27.3. The minimum absolute atomic E-state index is 0.00452. The number of thiophene rings is 1. The van der Waals surface area contributed by atoms with Gasteiger partial charge in [0.1, 0.15) is 17.7 Å². The predicted molar refractivity (Wildman–Crippen MR) is 113 cm³/mol. The molecular formula is C21H18F2N4OS. The standard InChI is InChI=1S/C21H18F2N4OS/c22-13-6-3-12(4-7-13)5-8-16(24)14-10-18(15(23)11-17(14)25)27-21(28)20(26)19-2-1-9-29-19/h1-11,20,24H,25-26H2,(H,27,28)/b8-5+,24-16?/t20-/m1/s1. The van der Waals surface area contributed by atoms with Crippen LogP contribution in [0.3, 0.4) is 0 Å². The van der Waals surface area contributed by atoms with Gasteiger partial charge >= 0.3 is 0 Å². The van der Waals surface area contributed by atoms with Crippen molar-refractivity contribution >= 4 is 40.4 Å². The lowest BCUT2D eigenvalue weighted by atomic mass is 10.0. The number of hydrogen-bond acceptors (Lipinski definition) is 5. The minimum atomic E-state index is -0.937. The van der Waals surface area contributed by atoms with E-state index in [-0.39, 0.29) is 28.5 Å². The Morgan fingerprint density at radius 2 is 1.90 bits per heavy atom. The van der Waals surface area contributed by atoms with Gasteiger partial charge < -0.3 is 22.2 Å². The van der Waals surface area contributed by atoms with Gasteiger partial charge in [-0.1, -0.05) is 24.3 Å². The second-order valence-electron chi connectivity index (χ2n) is 6.20. The maximum Gasteiger partial charge on any atom is 0.246 e. The Bertz CT molecular complexity index is 1060. The molecular weight excluding hydrogens is 394 g/mol. The normalized spacial score (nSPS) is 12.1. The molecule has 29 heavy (non-hydrogen) atoms. The fraction of sp³-hybridized carbons (Fsp3) is 0.0476. The van der Waals surface area contributed by atoms with Crippen LogP contribution in [0.1, 0.15) is 22.0 Å². The monoisotopic (exact) mass is 412 g/mol. The average Bonchev–Trinajstić information content (AvgIpc) is 3.23. The highest BCUT2D eigenvalue weighted by molar-refractivity contribution is 7.10. The Labute approximate surface area is 170 Å². The van der Waals surface area contributed by atoms with E-state index >= 15 is 0 Å². The molecule has 1 aromatic heterocycles. The maximum atomic E-state index is 14.3. The van der Waals surface area contributed by atoms with Gasteiger partial charge in [-0.05, 0) is 47.4 Å². The molecule has 3 rings (SSSR count). The smallest absolute Gasteiger partial charge is 0.246 e. The summed E-state index contributed by atoms with van der Waals surface area (Å²) in [6.45, 7) is 0. The topological polar surface area (TPSA) is 105 Å². The molecule has 3 aromatic rings. The first-order chi connectivity index (χ1) is 13.8. The number of nitrogen functional groups attached to an aromatic ring is 1. The summed E-state index contributed by atoms with van der Waals surface area (Å²) in [7, 11) is 0. The lowest BCUT2D eigenvalue weighted by Crippen LogP contribution is -2.27. The highest BCUT2D eigenvalue weighted by atomic mass is 32.1. The van der Waals surface area contributed by atoms with Crippen LogP contribution in [0.2, 0.25) is 0 Å². The number of nitrogens with one attached hydrogen (secondary N) is 2. The molecule has 1 atom stereocenters. The Balaban J connectivity index is 1.80. The Kier molecular flexibility index (Phi) is 6.16. The van der Waals surface area contributed by atoms with Crippen LogP contribution in [0.15, 0.2) is 60.0 Å². The molecule has 5 nitrogen and oxygen atoms in total. The van der Waals surface area contributed by atoms with Crippen molar-refractivity contribution in [2.24, 2.45) is 5.73 Å². The fourth-order valence-corrected chi connectivity index (χ4v) is 3.29. The average molecular weight is 412 g/mol. The molecule has 6 N–H and O–H groups in total. The molecule has 0 aliphatic carbocycles. The fourth-order valence-electron chi connectivity index (χ4n) is 2.57. The van der Waals surface area contributed by atoms with Crippen LogP contribution in [-0.4, -0.2) is 11.6 Å². The van der Waals surface area contributed by atoms with Crippen LogP contribution in [0, 0.1) is 17.0 Å². The van der Waals surface area contributed by atoms with Gasteiger partial charge in [-0.15, -0.1) is 11.3 Å². The molecule has 0 aliphatic heterocycles. The summed E-state index contributed by atoms with van der Waals surface area (Å²) in [4.78, 5) is 13.0. The molecule has 1 amide bonds. The van der Waals surface area contributed by atoms with Crippen LogP contribution in [0.5, 0.6) is 0 Å². The number of hydrogen-bond donors (Lipinski definition) is 4. The predicted octanol–water partition coefficient (Wildman–Crippen LogP) is 4.33. The van der Waals surface area contributed by atoms with Gasteiger partial charge in [-0.2, -0.15) is 0 Å². The van der Waals surface area contributed by atoms with Crippen molar-refractivity contribution in [1.29, 1.82) is 5.41 Å². The zero-order chi connectivity index (χ0) is 21.0. The van der Waals surface area contributed by atoms with Gasteiger partial charge in [0, 0.05) is 16.1 Å². The summed E-state index contributed by atoms with van der Waals surface area (Å²) in [5, 5.41) is 12.5. The van der Waals surface area contributed by atoms with E-state index in [9.17, 15) is 13.6 Å². The highest BCUT2D eigenvalue weighted by Crippen LogP contribution is 2.25. The van der Waals surface area contributed by atoms with Crippen molar-refractivity contribution in [3.8, 4) is 0 Å².